The van der Waals surface area contributed by atoms with Gasteiger partial charge in [-0.25, -0.2) is 0 Å². The molecule has 1 aromatic carbocycles. The molecular weight excluding hydrogens is 396 g/mol. The van der Waals surface area contributed by atoms with Crippen molar-refractivity contribution in [2.24, 2.45) is 18.5 Å². The molecule has 0 saturated carbocycles. The Morgan fingerprint density at radius 1 is 1.16 bits per heavy atom. The summed E-state index contributed by atoms with van der Waals surface area (Å²) >= 11 is 0. The van der Waals surface area contributed by atoms with Gasteiger partial charge in [0.1, 0.15) is 0 Å². The zero-order valence-corrected chi connectivity index (χ0v) is 18.4. The molecule has 7 N–H and O–H groups in total. The Balaban J connectivity index is 2.30. The molecule has 31 heavy (non-hydrogen) atoms. The topological polar surface area (TPSA) is 148 Å². The van der Waals surface area contributed by atoms with Gasteiger partial charge in [0.15, 0.2) is 11.4 Å². The van der Waals surface area contributed by atoms with Crippen molar-refractivity contribution in [1.29, 1.82) is 5.41 Å². The zero-order valence-electron chi connectivity index (χ0n) is 18.4. The zero-order chi connectivity index (χ0) is 22.9. The number of esters is 1. The summed E-state index contributed by atoms with van der Waals surface area (Å²) in [5.41, 5.74) is 11.2. The number of benzene rings is 1. The van der Waals surface area contributed by atoms with Crippen LogP contribution in [0.15, 0.2) is 30.5 Å². The highest BCUT2D eigenvalue weighted by atomic mass is 16.5. The van der Waals surface area contributed by atoms with E-state index >= 15 is 0 Å². The van der Waals surface area contributed by atoms with E-state index in [1.54, 1.807) is 6.20 Å². The van der Waals surface area contributed by atoms with Crippen LogP contribution in [-0.2, 0) is 26.8 Å². The molecule has 0 aliphatic rings. The van der Waals surface area contributed by atoms with Gasteiger partial charge in [-0.1, -0.05) is 31.5 Å². The Labute approximate surface area is 183 Å². The van der Waals surface area contributed by atoms with E-state index in [1.807, 2.05) is 42.8 Å². The number of carbonyl (C=O) groups is 2. The number of para-hydroxylation sites is 1. The first kappa shape index (κ1) is 24.2. The van der Waals surface area contributed by atoms with E-state index in [0.717, 1.165) is 17.3 Å². The molecule has 1 atom stereocenters. The second-order valence-corrected chi connectivity index (χ2v) is 7.57. The average molecular weight is 431 g/mol. The Morgan fingerprint density at radius 2 is 1.84 bits per heavy atom. The third kappa shape index (κ3) is 5.55. The molecule has 0 saturated heterocycles. The van der Waals surface area contributed by atoms with Crippen LogP contribution in [0.2, 0.25) is 0 Å². The standard InChI is InChI=1S/C22H34N6O3/c1-3-4-13-31-20(30)22(15-23,19(29)26-11-7-8-12-27-21(24)25)17-14-28(2)18-10-6-5-9-16(17)18/h5-6,9-10,14H,3-4,7-8,11-13,15,23H2,1-2H3,(H,26,29)(H4,24,25,27). The second kappa shape index (κ2) is 11.4. The third-order valence-corrected chi connectivity index (χ3v) is 5.33. The second-order valence-electron chi connectivity index (χ2n) is 7.57. The van der Waals surface area contributed by atoms with E-state index in [0.29, 0.717) is 37.9 Å². The number of fused-ring (bicyclic) bond motifs is 1. The smallest absolute Gasteiger partial charge is 0.327 e. The highest BCUT2D eigenvalue weighted by Crippen LogP contribution is 2.33. The molecule has 9 nitrogen and oxygen atoms in total. The molecular formula is C22H34N6O3. The number of hydrogen-bond donors (Lipinski definition) is 5. The van der Waals surface area contributed by atoms with Crippen molar-refractivity contribution in [2.75, 3.05) is 26.2 Å². The summed E-state index contributed by atoms with van der Waals surface area (Å²) in [5.74, 6) is -1.18. The summed E-state index contributed by atoms with van der Waals surface area (Å²) in [6, 6.07) is 7.60. The van der Waals surface area contributed by atoms with Gasteiger partial charge in [0.25, 0.3) is 0 Å². The van der Waals surface area contributed by atoms with E-state index in [1.165, 1.54) is 0 Å². The predicted octanol–water partition coefficient (Wildman–Crippen LogP) is 1.10. The van der Waals surface area contributed by atoms with Gasteiger partial charge in [-0.3, -0.25) is 15.0 Å². The van der Waals surface area contributed by atoms with Gasteiger partial charge in [0.2, 0.25) is 5.91 Å². The fourth-order valence-electron chi connectivity index (χ4n) is 3.55. The summed E-state index contributed by atoms with van der Waals surface area (Å²) in [6.07, 6.45) is 4.75. The van der Waals surface area contributed by atoms with Crippen molar-refractivity contribution < 1.29 is 14.3 Å². The number of ether oxygens (including phenoxy) is 1. The minimum absolute atomic E-state index is 0.0861. The predicted molar refractivity (Wildman–Crippen MR) is 122 cm³/mol. The summed E-state index contributed by atoms with van der Waals surface area (Å²) in [6.45, 7) is 2.95. The molecule has 1 aromatic heterocycles. The van der Waals surface area contributed by atoms with Gasteiger partial charge >= 0.3 is 5.97 Å². The van der Waals surface area contributed by atoms with Crippen molar-refractivity contribution in [1.82, 2.24) is 15.2 Å². The largest absolute Gasteiger partial charge is 0.465 e. The third-order valence-electron chi connectivity index (χ3n) is 5.33. The van der Waals surface area contributed by atoms with Crippen LogP contribution in [0.5, 0.6) is 0 Å². The molecule has 170 valence electrons. The Kier molecular flexibility index (Phi) is 8.87. The van der Waals surface area contributed by atoms with E-state index in [4.69, 9.17) is 21.6 Å². The number of carbonyl (C=O) groups excluding carboxylic acids is 2. The fraction of sp³-hybridized carbons (Fsp3) is 0.500. The van der Waals surface area contributed by atoms with Gasteiger partial charge in [0, 0.05) is 49.3 Å². The van der Waals surface area contributed by atoms with Gasteiger partial charge in [-0.2, -0.15) is 0 Å². The number of aromatic nitrogens is 1. The minimum atomic E-state index is -1.63. The van der Waals surface area contributed by atoms with Crippen molar-refractivity contribution >= 4 is 28.7 Å². The first-order valence-electron chi connectivity index (χ1n) is 10.7. The number of nitrogens with zero attached hydrogens (tertiary/aromatic N) is 1. The van der Waals surface area contributed by atoms with Gasteiger partial charge in [0.05, 0.1) is 6.61 Å². The molecule has 1 amide bonds. The fourth-order valence-corrected chi connectivity index (χ4v) is 3.55. The molecule has 9 heteroatoms. The van der Waals surface area contributed by atoms with E-state index in [9.17, 15) is 9.59 Å². The molecule has 0 aliphatic heterocycles. The van der Waals surface area contributed by atoms with Crippen LogP contribution >= 0.6 is 0 Å². The van der Waals surface area contributed by atoms with Gasteiger partial charge < -0.3 is 31.4 Å². The summed E-state index contributed by atoms with van der Waals surface area (Å²) in [4.78, 5) is 26.7. The highest BCUT2D eigenvalue weighted by Gasteiger charge is 2.49. The lowest BCUT2D eigenvalue weighted by Crippen LogP contribution is -2.55. The Hall–Kier alpha value is -3.07. The molecule has 0 aliphatic carbocycles. The summed E-state index contributed by atoms with van der Waals surface area (Å²) < 4.78 is 7.39. The Bertz CT molecular complexity index is 910. The van der Waals surface area contributed by atoms with E-state index in [-0.39, 0.29) is 19.1 Å². The maximum atomic E-state index is 13.4. The van der Waals surface area contributed by atoms with Crippen LogP contribution in [0, 0.1) is 5.41 Å². The molecule has 0 radical (unpaired) electrons. The molecule has 0 fully saturated rings. The lowest BCUT2D eigenvalue weighted by Gasteiger charge is -2.29. The van der Waals surface area contributed by atoms with Crippen LogP contribution in [0.4, 0.5) is 0 Å². The normalized spacial score (nSPS) is 12.9. The maximum Gasteiger partial charge on any atom is 0.327 e. The van der Waals surface area contributed by atoms with Crippen molar-refractivity contribution in [3.63, 3.8) is 0 Å². The lowest BCUT2D eigenvalue weighted by atomic mass is 9.79. The minimum Gasteiger partial charge on any atom is -0.465 e. The number of nitrogens with two attached hydrogens (primary N) is 2. The van der Waals surface area contributed by atoms with Crippen molar-refractivity contribution in [3.8, 4) is 0 Å². The summed E-state index contributed by atoms with van der Waals surface area (Å²) in [5, 5.41) is 13.5. The molecule has 2 rings (SSSR count). The van der Waals surface area contributed by atoms with Crippen LogP contribution in [0.3, 0.4) is 0 Å². The SMILES string of the molecule is CCCCOC(=O)C(CN)(C(=O)NCCCCNC(=N)N)c1cn(C)c2ccccc12. The average Bonchev–Trinajstić information content (AvgIpc) is 3.09. The van der Waals surface area contributed by atoms with Crippen LogP contribution in [0.25, 0.3) is 10.9 Å². The van der Waals surface area contributed by atoms with Crippen LogP contribution in [0.1, 0.15) is 38.2 Å². The van der Waals surface area contributed by atoms with Crippen molar-refractivity contribution in [2.45, 2.75) is 38.0 Å². The number of guanidine groups is 1. The maximum absolute atomic E-state index is 13.4. The van der Waals surface area contributed by atoms with Gasteiger partial charge in [-0.05, 0) is 25.3 Å². The highest BCUT2D eigenvalue weighted by molar-refractivity contribution is 6.12. The Morgan fingerprint density at radius 3 is 2.48 bits per heavy atom. The van der Waals surface area contributed by atoms with E-state index in [2.05, 4.69) is 10.6 Å². The number of amides is 1. The molecule has 2 aromatic rings. The van der Waals surface area contributed by atoms with Crippen LogP contribution < -0.4 is 22.1 Å². The van der Waals surface area contributed by atoms with Crippen LogP contribution in [-0.4, -0.2) is 48.6 Å². The first-order chi connectivity index (χ1) is 14.9. The number of rotatable bonds is 12. The number of aryl methyl sites for hydroxylation is 1. The number of unbranched alkanes of at least 4 members (excludes halogenated alkanes) is 2. The molecule has 0 bridgehead atoms. The molecule has 1 heterocycles. The number of hydrogen-bond acceptors (Lipinski definition) is 5. The van der Waals surface area contributed by atoms with Gasteiger partial charge in [-0.15, -0.1) is 0 Å². The number of nitrogens with one attached hydrogen (secondary N) is 3. The van der Waals surface area contributed by atoms with E-state index < -0.39 is 17.3 Å². The summed E-state index contributed by atoms with van der Waals surface area (Å²) in [7, 11) is 1.87. The first-order valence-corrected chi connectivity index (χ1v) is 10.7. The lowest BCUT2D eigenvalue weighted by molar-refractivity contribution is -0.155. The molecule has 0 spiro atoms. The quantitative estimate of drug-likeness (QED) is 0.112. The monoisotopic (exact) mass is 430 g/mol. The molecule has 1 unspecified atom stereocenters. The van der Waals surface area contributed by atoms with Crippen molar-refractivity contribution in [3.05, 3.63) is 36.0 Å².